The molecule has 2 aliphatic rings. The third kappa shape index (κ3) is 23.6. The van der Waals surface area contributed by atoms with E-state index in [1.807, 2.05) is 0 Å². The Hall–Kier alpha value is -9.58. The summed E-state index contributed by atoms with van der Waals surface area (Å²) in [5, 5.41) is 38.1. The Morgan fingerprint density at radius 3 is 2.06 bits per heavy atom. The monoisotopic (exact) mass is 1340 g/mol. The van der Waals surface area contributed by atoms with E-state index in [9.17, 15) is 93.8 Å². The van der Waals surface area contributed by atoms with Crippen molar-refractivity contribution in [3.63, 3.8) is 0 Å². The number of thioether (sulfide) groups is 1. The molecule has 37 heteroatoms. The van der Waals surface area contributed by atoms with Crippen LogP contribution in [-0.4, -0.2) is 175 Å². The maximum atomic E-state index is 15.0. The van der Waals surface area contributed by atoms with Gasteiger partial charge in [-0.3, -0.25) is 62.3 Å². The van der Waals surface area contributed by atoms with Gasteiger partial charge in [0.1, 0.15) is 47.8 Å². The summed E-state index contributed by atoms with van der Waals surface area (Å²) in [6.07, 6.45) is -9.85. The van der Waals surface area contributed by atoms with Gasteiger partial charge in [0.2, 0.25) is 82.6 Å². The summed E-state index contributed by atoms with van der Waals surface area (Å²) in [7, 11) is 0. The van der Waals surface area contributed by atoms with Gasteiger partial charge in [0, 0.05) is 63.1 Å². The number of rotatable bonds is 24. The van der Waals surface area contributed by atoms with Gasteiger partial charge in [-0.05, 0) is 66.7 Å². The number of nitrogens with zero attached hydrogens (tertiary/aromatic N) is 4. The number of halogens is 6. The number of primary amides is 3. The van der Waals surface area contributed by atoms with Crippen molar-refractivity contribution in [3.05, 3.63) is 76.6 Å². The summed E-state index contributed by atoms with van der Waals surface area (Å²) >= 11 is 1.08. The van der Waals surface area contributed by atoms with E-state index in [0.29, 0.717) is 11.6 Å². The third-order valence-electron chi connectivity index (χ3n) is 14.7. The lowest BCUT2D eigenvalue weighted by Crippen LogP contribution is -2.61. The van der Waals surface area contributed by atoms with Crippen LogP contribution in [0.4, 0.5) is 26.3 Å². The van der Waals surface area contributed by atoms with E-state index < -0.39 is 231 Å². The lowest BCUT2D eigenvalue weighted by Gasteiger charge is -2.30. The highest BCUT2D eigenvalue weighted by Gasteiger charge is 2.41. The van der Waals surface area contributed by atoms with Crippen LogP contribution in [0.15, 0.2) is 36.4 Å². The number of nitrogens with one attached hydrogen (secondary N) is 9. The van der Waals surface area contributed by atoms with Crippen LogP contribution < -0.4 is 65.1 Å². The minimum atomic E-state index is -4.87. The van der Waals surface area contributed by atoms with E-state index in [1.54, 1.807) is 13.8 Å². The van der Waals surface area contributed by atoms with E-state index in [2.05, 4.69) is 58.0 Å². The van der Waals surface area contributed by atoms with Crippen molar-refractivity contribution < 1.29 is 93.8 Å². The van der Waals surface area contributed by atoms with Crippen LogP contribution >= 0.6 is 11.8 Å². The molecule has 0 bridgehead atoms. The molecule has 2 aliphatic heterocycles. The topological polar surface area (TPSA) is 462 Å². The number of phenols is 1. The zero-order chi connectivity index (χ0) is 68.9. The first-order valence-electron chi connectivity index (χ1n) is 29.1. The highest BCUT2D eigenvalue weighted by molar-refractivity contribution is 7.99. The van der Waals surface area contributed by atoms with Crippen molar-refractivity contribution in [3.8, 4) is 5.75 Å². The molecule has 2 aromatic carbocycles. The first-order chi connectivity index (χ1) is 43.8. The second-order valence-electron chi connectivity index (χ2n) is 21.9. The standard InChI is InChI=1S/C56H72F6N16O14S/c1-3-27(2)48-54(92)72-36(8-10-40(63)80)51(89)73-39(23-41(64)81)52(90)71-37(12-16-93-17-13-45(84)70-38(53(91)74-48)18-28-4-6-31(79)7-5-28)50(88)67-25-46(85)69-35(49(87)66-24-42(65)82)9-11-44(83)68-30(19-29-20-33(58)34(59)22-32(29)57)21-47(86)77-14-15-78-43(26-77)75-76-55(78)56(60,61)62/h4-7,20,22,27,30,35-39,48,79H,3,8-19,21,23-26H2,1-2H3,(H2,63,80)(H2,64,81)(H2,65,82)(H,66,87)(H,67,88)(H,68,83)(H,69,85)(H,70,84)(H,71,90)(H,72,92)(H,73,89)(H,74,91)/t27-,30+,35-,36?,37-,38-,39-,48-/m0/s1. The zero-order valence-electron chi connectivity index (χ0n) is 50.3. The fourth-order valence-electron chi connectivity index (χ4n) is 9.57. The number of carbonyl (C=O) groups is 13. The number of carbonyl (C=O) groups excluding carboxylic acids is 13. The second kappa shape index (κ2) is 34.7. The van der Waals surface area contributed by atoms with Gasteiger partial charge in [-0.15, -0.1) is 10.2 Å². The molecular weight excluding hydrogens is 1270 g/mol. The molecule has 1 fully saturated rings. The van der Waals surface area contributed by atoms with Crippen LogP contribution in [0.2, 0.25) is 0 Å². The summed E-state index contributed by atoms with van der Waals surface area (Å²) < 4.78 is 84.6. The van der Waals surface area contributed by atoms with Crippen molar-refractivity contribution in [1.29, 1.82) is 0 Å². The Kier molecular flexibility index (Phi) is 27.7. The maximum absolute atomic E-state index is 15.0. The molecule has 0 saturated carbocycles. The van der Waals surface area contributed by atoms with Gasteiger partial charge in [-0.1, -0.05) is 32.4 Å². The lowest BCUT2D eigenvalue weighted by molar-refractivity contribution is -0.148. The lowest BCUT2D eigenvalue weighted by atomic mass is 9.96. The molecular formula is C56H72F6N16O14S. The van der Waals surface area contributed by atoms with Crippen LogP contribution in [-0.2, 0) is 94.4 Å². The summed E-state index contributed by atoms with van der Waals surface area (Å²) in [6.45, 7) is 0.364. The van der Waals surface area contributed by atoms with Crippen molar-refractivity contribution >= 4 is 88.6 Å². The smallest absolute Gasteiger partial charge is 0.451 e. The molecule has 508 valence electrons. The molecule has 1 saturated heterocycles. The quantitative estimate of drug-likeness (QED) is 0.0319. The average molecular weight is 1340 g/mol. The van der Waals surface area contributed by atoms with Gasteiger partial charge in [0.15, 0.2) is 17.5 Å². The van der Waals surface area contributed by atoms with Crippen LogP contribution in [0, 0.1) is 23.4 Å². The molecule has 1 unspecified atom stereocenters. The van der Waals surface area contributed by atoms with Gasteiger partial charge in [-0.2, -0.15) is 24.9 Å². The SMILES string of the molecule is CC[C@H](C)[C@@H]1NC(=O)[C@H](Cc2ccc(O)cc2)NC(=O)CCSCC[C@@H](C(=O)NCC(=O)N[C@@H](CCC(=O)N[C@@H](CC(=O)N2CCn3c(nnc3C(F)(F)F)C2)Cc2cc(F)c(F)cc2F)C(=O)NCC(N)=O)NC(=O)[C@H](CC(N)=O)NC(=O)C(CCC(N)=O)NC1=O. The predicted molar refractivity (Wildman–Crippen MR) is 313 cm³/mol. The number of aromatic hydroxyl groups is 1. The summed E-state index contributed by atoms with van der Waals surface area (Å²) in [5.41, 5.74) is 16.0. The van der Waals surface area contributed by atoms with Gasteiger partial charge >= 0.3 is 6.18 Å². The van der Waals surface area contributed by atoms with Crippen molar-refractivity contribution in [1.82, 2.24) is 67.5 Å². The van der Waals surface area contributed by atoms with Gasteiger partial charge in [0.25, 0.3) is 0 Å². The van der Waals surface area contributed by atoms with E-state index in [0.717, 1.165) is 21.2 Å². The number of alkyl halides is 3. The molecule has 30 nitrogen and oxygen atoms in total. The molecule has 93 heavy (non-hydrogen) atoms. The Morgan fingerprint density at radius 2 is 1.41 bits per heavy atom. The summed E-state index contributed by atoms with van der Waals surface area (Å²) in [5.74, 6) is -19.6. The molecule has 8 atom stereocenters. The number of hydrogen-bond acceptors (Lipinski definition) is 17. The molecule has 0 aliphatic carbocycles. The molecule has 0 spiro atoms. The number of aromatic nitrogens is 3. The first-order valence-corrected chi connectivity index (χ1v) is 30.2. The fraction of sp³-hybridized carbons (Fsp3) is 0.518. The van der Waals surface area contributed by atoms with E-state index >= 15 is 0 Å². The molecule has 0 radical (unpaired) electrons. The van der Waals surface area contributed by atoms with Gasteiger partial charge in [-0.25, -0.2) is 13.2 Å². The molecule has 3 aromatic rings. The largest absolute Gasteiger partial charge is 0.508 e. The molecule has 3 heterocycles. The molecule has 5 rings (SSSR count). The maximum Gasteiger partial charge on any atom is 0.451 e. The van der Waals surface area contributed by atoms with E-state index in [-0.39, 0.29) is 61.4 Å². The van der Waals surface area contributed by atoms with Crippen LogP contribution in [0.5, 0.6) is 5.75 Å². The average Bonchev–Trinajstić information content (AvgIpc) is 1.86. The van der Waals surface area contributed by atoms with Crippen LogP contribution in [0.1, 0.15) is 94.4 Å². The highest BCUT2D eigenvalue weighted by Crippen LogP contribution is 2.30. The number of phenolic OH excluding ortho intramolecular Hbond substituents is 1. The van der Waals surface area contributed by atoms with Gasteiger partial charge in [0.05, 0.1) is 26.1 Å². The predicted octanol–water partition coefficient (Wildman–Crippen LogP) is -2.76. The number of fused-ring (bicyclic) bond motifs is 1. The Labute approximate surface area is 530 Å². The van der Waals surface area contributed by atoms with Crippen molar-refractivity contribution in [2.75, 3.05) is 31.1 Å². The minimum absolute atomic E-state index is 0.0247. The van der Waals surface area contributed by atoms with Crippen molar-refractivity contribution in [2.45, 2.75) is 146 Å². The van der Waals surface area contributed by atoms with Crippen molar-refractivity contribution in [2.24, 2.45) is 23.1 Å². The number of amides is 13. The number of benzene rings is 2. The zero-order valence-corrected chi connectivity index (χ0v) is 51.1. The summed E-state index contributed by atoms with van der Waals surface area (Å²) in [4.78, 5) is 175. The second-order valence-corrected chi connectivity index (χ2v) is 23.1. The van der Waals surface area contributed by atoms with E-state index in [4.69, 9.17) is 17.2 Å². The third-order valence-corrected chi connectivity index (χ3v) is 15.7. The number of hydrogen-bond donors (Lipinski definition) is 13. The fourth-order valence-corrected chi connectivity index (χ4v) is 10.5. The highest BCUT2D eigenvalue weighted by atomic mass is 32.2. The molecule has 13 amide bonds. The Bertz CT molecular complexity index is 3270. The normalized spacial score (nSPS) is 19.7. The first kappa shape index (κ1) is 74.2. The number of nitrogens with two attached hydrogens (primary N) is 3. The van der Waals surface area contributed by atoms with Crippen LogP contribution in [0.3, 0.4) is 0 Å². The summed E-state index contributed by atoms with van der Waals surface area (Å²) in [6, 6.07) is -4.65. The Morgan fingerprint density at radius 1 is 0.742 bits per heavy atom. The molecule has 16 N–H and O–H groups in total. The Balaban J connectivity index is 1.34. The minimum Gasteiger partial charge on any atom is -0.508 e. The van der Waals surface area contributed by atoms with Crippen LogP contribution in [0.25, 0.3) is 0 Å². The van der Waals surface area contributed by atoms with E-state index in [1.165, 1.54) is 24.3 Å². The molecule has 1 aromatic heterocycles. The van der Waals surface area contributed by atoms with Gasteiger partial charge < -0.3 is 79.6 Å².